The Bertz CT molecular complexity index is 617. The first-order valence-corrected chi connectivity index (χ1v) is 8.84. The predicted octanol–water partition coefficient (Wildman–Crippen LogP) is 3.46. The lowest BCUT2D eigenvalue weighted by molar-refractivity contribution is -0.137. The molecular formula is C17H24ClF3N4O. The molecule has 146 valence electrons. The van der Waals surface area contributed by atoms with Crippen molar-refractivity contribution in [2.24, 2.45) is 0 Å². The van der Waals surface area contributed by atoms with E-state index < -0.39 is 17.8 Å². The molecule has 2 amide bonds. The van der Waals surface area contributed by atoms with E-state index in [1.807, 2.05) is 14.1 Å². The highest BCUT2D eigenvalue weighted by molar-refractivity contribution is 6.31. The summed E-state index contributed by atoms with van der Waals surface area (Å²) in [5, 5.41) is 2.14. The topological polar surface area (TPSA) is 38.8 Å². The first-order valence-electron chi connectivity index (χ1n) is 8.46. The van der Waals surface area contributed by atoms with Crippen molar-refractivity contribution in [3.05, 3.63) is 28.8 Å². The van der Waals surface area contributed by atoms with Gasteiger partial charge in [-0.15, -0.1) is 0 Å². The van der Waals surface area contributed by atoms with Crippen LogP contribution in [0.3, 0.4) is 0 Å². The van der Waals surface area contributed by atoms with Crippen LogP contribution in [0.1, 0.15) is 12.0 Å². The molecule has 1 fully saturated rings. The highest BCUT2D eigenvalue weighted by Crippen LogP contribution is 2.36. The van der Waals surface area contributed by atoms with E-state index in [-0.39, 0.29) is 10.7 Å². The summed E-state index contributed by atoms with van der Waals surface area (Å²) >= 11 is 5.59. The highest BCUT2D eigenvalue weighted by atomic mass is 35.5. The maximum Gasteiger partial charge on any atom is 0.417 e. The molecular weight excluding hydrogens is 369 g/mol. The number of carbonyl (C=O) groups is 1. The van der Waals surface area contributed by atoms with Crippen LogP contribution in [-0.2, 0) is 6.18 Å². The summed E-state index contributed by atoms with van der Waals surface area (Å²) in [6.07, 6.45) is -3.50. The van der Waals surface area contributed by atoms with Gasteiger partial charge in [0.25, 0.3) is 0 Å². The van der Waals surface area contributed by atoms with Crippen LogP contribution in [0.25, 0.3) is 0 Å². The number of hydrogen-bond donors (Lipinski definition) is 1. The van der Waals surface area contributed by atoms with Gasteiger partial charge in [0.2, 0.25) is 0 Å². The van der Waals surface area contributed by atoms with Crippen molar-refractivity contribution in [1.82, 2.24) is 14.7 Å². The molecule has 1 aromatic rings. The number of nitrogens with zero attached hydrogens (tertiary/aromatic N) is 3. The Morgan fingerprint density at radius 3 is 2.46 bits per heavy atom. The minimum absolute atomic E-state index is 0.0835. The van der Waals surface area contributed by atoms with Gasteiger partial charge in [-0.25, -0.2) is 4.79 Å². The van der Waals surface area contributed by atoms with Crippen LogP contribution >= 0.6 is 11.6 Å². The number of amides is 2. The van der Waals surface area contributed by atoms with Crippen LogP contribution in [0.4, 0.5) is 23.7 Å². The minimum Gasteiger partial charge on any atom is -0.322 e. The fraction of sp³-hybridized carbons (Fsp3) is 0.588. The van der Waals surface area contributed by atoms with Gasteiger partial charge in [0.05, 0.1) is 10.6 Å². The van der Waals surface area contributed by atoms with E-state index in [1.54, 1.807) is 4.90 Å². The molecule has 0 bridgehead atoms. The molecule has 1 aromatic carbocycles. The molecule has 0 saturated carbocycles. The summed E-state index contributed by atoms with van der Waals surface area (Å²) < 4.78 is 38.7. The molecule has 9 heteroatoms. The number of halogens is 4. The second kappa shape index (κ2) is 8.92. The average Bonchev–Trinajstić information content (AvgIpc) is 2.56. The van der Waals surface area contributed by atoms with Gasteiger partial charge in [-0.3, -0.25) is 4.90 Å². The minimum atomic E-state index is -4.56. The van der Waals surface area contributed by atoms with E-state index in [1.165, 1.54) is 6.07 Å². The molecule has 2 rings (SSSR count). The SMILES string of the molecule is CN(C)CCCN1CCN(C(=O)Nc2ccc(Cl)c(C(F)(F)F)c2)CC1. The zero-order valence-corrected chi connectivity index (χ0v) is 15.7. The van der Waals surface area contributed by atoms with Crippen LogP contribution in [0.2, 0.25) is 5.02 Å². The molecule has 0 radical (unpaired) electrons. The predicted molar refractivity (Wildman–Crippen MR) is 96.7 cm³/mol. The van der Waals surface area contributed by atoms with E-state index in [4.69, 9.17) is 11.6 Å². The molecule has 0 aromatic heterocycles. The molecule has 1 heterocycles. The van der Waals surface area contributed by atoms with Crippen LogP contribution in [0.15, 0.2) is 18.2 Å². The maximum atomic E-state index is 12.9. The van der Waals surface area contributed by atoms with E-state index in [2.05, 4.69) is 15.1 Å². The summed E-state index contributed by atoms with van der Waals surface area (Å²) in [4.78, 5) is 18.3. The monoisotopic (exact) mass is 392 g/mol. The molecule has 26 heavy (non-hydrogen) atoms. The summed E-state index contributed by atoms with van der Waals surface area (Å²) in [6.45, 7) is 4.60. The summed E-state index contributed by atoms with van der Waals surface area (Å²) in [7, 11) is 4.06. The van der Waals surface area contributed by atoms with Crippen molar-refractivity contribution in [2.75, 3.05) is 58.7 Å². The number of nitrogens with one attached hydrogen (secondary N) is 1. The van der Waals surface area contributed by atoms with Gasteiger partial charge >= 0.3 is 12.2 Å². The van der Waals surface area contributed by atoms with Crippen LogP contribution < -0.4 is 5.32 Å². The van der Waals surface area contributed by atoms with Gasteiger partial charge in [-0.1, -0.05) is 11.6 Å². The quantitative estimate of drug-likeness (QED) is 0.834. The first-order chi connectivity index (χ1) is 12.2. The number of hydrogen-bond acceptors (Lipinski definition) is 3. The molecule has 1 saturated heterocycles. The van der Waals surface area contributed by atoms with Gasteiger partial charge in [0, 0.05) is 31.9 Å². The number of alkyl halides is 3. The molecule has 1 aliphatic rings. The molecule has 5 nitrogen and oxygen atoms in total. The lowest BCUT2D eigenvalue weighted by atomic mass is 10.2. The first kappa shape index (κ1) is 20.8. The van der Waals surface area contributed by atoms with Gasteiger partial charge in [-0.2, -0.15) is 13.2 Å². The molecule has 0 aliphatic carbocycles. The van der Waals surface area contributed by atoms with Crippen molar-refractivity contribution in [2.45, 2.75) is 12.6 Å². The van der Waals surface area contributed by atoms with E-state index in [0.29, 0.717) is 13.1 Å². The average molecular weight is 393 g/mol. The van der Waals surface area contributed by atoms with Crippen molar-refractivity contribution < 1.29 is 18.0 Å². The second-order valence-electron chi connectivity index (χ2n) is 6.61. The summed E-state index contributed by atoms with van der Waals surface area (Å²) in [6, 6.07) is 2.97. The Hall–Kier alpha value is -1.51. The zero-order valence-electron chi connectivity index (χ0n) is 14.9. The molecule has 0 unspecified atom stereocenters. The van der Waals surface area contributed by atoms with Crippen LogP contribution in [-0.4, -0.2) is 74.1 Å². The maximum absolute atomic E-state index is 12.9. The smallest absolute Gasteiger partial charge is 0.322 e. The fourth-order valence-corrected chi connectivity index (χ4v) is 3.03. The Balaban J connectivity index is 1.86. The number of benzene rings is 1. The van der Waals surface area contributed by atoms with Crippen molar-refractivity contribution in [3.8, 4) is 0 Å². The Morgan fingerprint density at radius 1 is 1.23 bits per heavy atom. The number of anilines is 1. The van der Waals surface area contributed by atoms with E-state index in [9.17, 15) is 18.0 Å². The largest absolute Gasteiger partial charge is 0.417 e. The normalized spacial score (nSPS) is 16.2. The third kappa shape index (κ3) is 6.03. The number of carbonyl (C=O) groups excluding carboxylic acids is 1. The fourth-order valence-electron chi connectivity index (χ4n) is 2.81. The summed E-state index contributed by atoms with van der Waals surface area (Å²) in [5.41, 5.74) is -0.872. The number of rotatable bonds is 5. The van der Waals surface area contributed by atoms with Crippen LogP contribution in [0, 0.1) is 0 Å². The summed E-state index contributed by atoms with van der Waals surface area (Å²) in [5.74, 6) is 0. The second-order valence-corrected chi connectivity index (χ2v) is 7.02. The van der Waals surface area contributed by atoms with Gasteiger partial charge < -0.3 is 15.1 Å². The highest BCUT2D eigenvalue weighted by Gasteiger charge is 2.33. The molecule has 0 atom stereocenters. The third-order valence-electron chi connectivity index (χ3n) is 4.26. The van der Waals surface area contributed by atoms with Crippen LogP contribution in [0.5, 0.6) is 0 Å². The number of piperazine rings is 1. The van der Waals surface area contributed by atoms with E-state index >= 15 is 0 Å². The molecule has 0 spiro atoms. The Morgan fingerprint density at radius 2 is 1.88 bits per heavy atom. The van der Waals surface area contributed by atoms with Crippen molar-refractivity contribution >= 4 is 23.3 Å². The zero-order chi connectivity index (χ0) is 19.3. The van der Waals surface area contributed by atoms with Crippen molar-refractivity contribution in [3.63, 3.8) is 0 Å². The third-order valence-corrected chi connectivity index (χ3v) is 4.59. The van der Waals surface area contributed by atoms with Gasteiger partial charge in [0.1, 0.15) is 0 Å². The Kier molecular flexibility index (Phi) is 7.14. The lowest BCUT2D eigenvalue weighted by Gasteiger charge is -2.34. The van der Waals surface area contributed by atoms with Gasteiger partial charge in [0.15, 0.2) is 0 Å². The number of urea groups is 1. The molecule has 1 N–H and O–H groups in total. The molecule has 1 aliphatic heterocycles. The Labute approximate surface area is 156 Å². The van der Waals surface area contributed by atoms with E-state index in [0.717, 1.165) is 44.7 Å². The van der Waals surface area contributed by atoms with Crippen molar-refractivity contribution in [1.29, 1.82) is 0 Å². The van der Waals surface area contributed by atoms with Gasteiger partial charge in [-0.05, 0) is 51.8 Å². The lowest BCUT2D eigenvalue weighted by Crippen LogP contribution is -2.50. The standard InChI is InChI=1S/C17H24ClF3N4O/c1-23(2)6-3-7-24-8-10-25(11-9-24)16(26)22-13-4-5-15(18)14(12-13)17(19,20)21/h4-5,12H,3,6-11H2,1-2H3,(H,22,26).